The molecule has 5 nitrogen and oxygen atoms in total. The highest BCUT2D eigenvalue weighted by molar-refractivity contribution is 6.00. The fourth-order valence-electron chi connectivity index (χ4n) is 2.45. The molecule has 0 fully saturated rings. The molecule has 0 aliphatic heterocycles. The second kappa shape index (κ2) is 5.36. The van der Waals surface area contributed by atoms with Gasteiger partial charge in [-0.2, -0.15) is 0 Å². The van der Waals surface area contributed by atoms with Crippen molar-refractivity contribution in [3.05, 3.63) is 46.3 Å². The minimum atomic E-state index is -0.187. The van der Waals surface area contributed by atoms with Gasteiger partial charge in [-0.05, 0) is 39.3 Å². The van der Waals surface area contributed by atoms with Crippen molar-refractivity contribution in [2.45, 2.75) is 33.7 Å². The lowest BCUT2D eigenvalue weighted by Crippen LogP contribution is -2.28. The molecule has 1 amide bonds. The minimum absolute atomic E-state index is 0.187. The van der Waals surface area contributed by atoms with E-state index in [0.29, 0.717) is 17.0 Å². The van der Waals surface area contributed by atoms with E-state index in [1.54, 1.807) is 6.07 Å². The van der Waals surface area contributed by atoms with Crippen LogP contribution >= 0.6 is 0 Å². The van der Waals surface area contributed by atoms with Crippen LogP contribution in [0.2, 0.25) is 0 Å². The van der Waals surface area contributed by atoms with Gasteiger partial charge in [-0.1, -0.05) is 17.3 Å². The second-order valence-electron chi connectivity index (χ2n) is 4.97. The lowest BCUT2D eigenvalue weighted by Gasteiger charge is -2.16. The third kappa shape index (κ3) is 2.52. The van der Waals surface area contributed by atoms with Gasteiger partial charge in [-0.3, -0.25) is 4.79 Å². The van der Waals surface area contributed by atoms with Gasteiger partial charge in [0.15, 0.2) is 0 Å². The largest absolute Gasteiger partial charge is 0.398 e. The highest BCUT2D eigenvalue weighted by atomic mass is 16.5. The van der Waals surface area contributed by atoms with Crippen LogP contribution in [0.4, 0.5) is 5.69 Å². The zero-order valence-electron chi connectivity index (χ0n) is 12.2. The quantitative estimate of drug-likeness (QED) is 0.842. The summed E-state index contributed by atoms with van der Waals surface area (Å²) in [7, 11) is 0. The van der Waals surface area contributed by atoms with Gasteiger partial charge >= 0.3 is 0 Å². The molecule has 2 aromatic rings. The van der Waals surface area contributed by atoms with E-state index in [9.17, 15) is 4.79 Å². The van der Waals surface area contributed by atoms with E-state index in [4.69, 9.17) is 10.3 Å². The van der Waals surface area contributed by atoms with E-state index < -0.39 is 0 Å². The van der Waals surface area contributed by atoms with E-state index in [1.165, 1.54) is 0 Å². The molecule has 2 rings (SSSR count). The number of nitrogens with zero attached hydrogens (tertiary/aromatic N) is 1. The number of benzene rings is 1. The molecule has 0 bridgehead atoms. The predicted octanol–water partition coefficient (Wildman–Crippen LogP) is 2.67. The fourth-order valence-corrected chi connectivity index (χ4v) is 2.45. The number of nitrogens with two attached hydrogens (primary N) is 1. The molecule has 0 spiro atoms. The first-order valence-corrected chi connectivity index (χ1v) is 6.50. The average molecular weight is 273 g/mol. The van der Waals surface area contributed by atoms with Crippen molar-refractivity contribution in [3.63, 3.8) is 0 Å². The van der Waals surface area contributed by atoms with Crippen molar-refractivity contribution in [2.75, 3.05) is 5.73 Å². The van der Waals surface area contributed by atoms with E-state index in [1.807, 2.05) is 39.8 Å². The molecule has 20 heavy (non-hydrogen) atoms. The maximum Gasteiger partial charge on any atom is 0.254 e. The molecule has 0 radical (unpaired) electrons. The summed E-state index contributed by atoms with van der Waals surface area (Å²) in [5, 5.41) is 6.84. The topological polar surface area (TPSA) is 81.2 Å². The summed E-state index contributed by atoms with van der Waals surface area (Å²) in [6, 6.07) is 5.24. The average Bonchev–Trinajstić information content (AvgIpc) is 2.68. The first kappa shape index (κ1) is 14.1. The van der Waals surface area contributed by atoms with Gasteiger partial charge in [0.2, 0.25) is 0 Å². The molecule has 1 atom stereocenters. The van der Waals surface area contributed by atoms with Crippen LogP contribution < -0.4 is 11.1 Å². The lowest BCUT2D eigenvalue weighted by atomic mass is 10.0. The molecule has 1 unspecified atom stereocenters. The number of aryl methyl sites for hydroxylation is 3. The number of carbonyl (C=O) groups excluding carboxylic acids is 1. The Kier molecular flexibility index (Phi) is 3.79. The lowest BCUT2D eigenvalue weighted by molar-refractivity contribution is 0.0940. The summed E-state index contributed by atoms with van der Waals surface area (Å²) in [4.78, 5) is 12.4. The molecule has 0 saturated carbocycles. The number of rotatable bonds is 3. The number of hydrogen-bond donors (Lipinski definition) is 2. The number of amides is 1. The van der Waals surface area contributed by atoms with Gasteiger partial charge < -0.3 is 15.6 Å². The first-order valence-electron chi connectivity index (χ1n) is 6.50. The van der Waals surface area contributed by atoms with Gasteiger partial charge in [0.05, 0.1) is 17.3 Å². The number of nitrogens with one attached hydrogen (secondary N) is 1. The van der Waals surface area contributed by atoms with Crippen molar-refractivity contribution in [3.8, 4) is 0 Å². The van der Waals surface area contributed by atoms with Crippen molar-refractivity contribution >= 4 is 11.6 Å². The standard InChI is InChI=1S/C15H19N3O2/c1-8-6-5-7-12(16)13(8)15(19)17-9(2)14-10(3)18-20-11(14)4/h5-7,9H,16H2,1-4H3,(H,17,19). The molecule has 1 aromatic carbocycles. The van der Waals surface area contributed by atoms with Crippen LogP contribution in [0.5, 0.6) is 0 Å². The van der Waals surface area contributed by atoms with Gasteiger partial charge in [0.25, 0.3) is 5.91 Å². The monoisotopic (exact) mass is 273 g/mol. The molecule has 0 saturated heterocycles. The molecule has 0 aliphatic rings. The third-order valence-corrected chi connectivity index (χ3v) is 3.40. The Morgan fingerprint density at radius 2 is 2.05 bits per heavy atom. The molecule has 3 N–H and O–H groups in total. The molecule has 0 aliphatic carbocycles. The Labute approximate surface area is 118 Å². The Morgan fingerprint density at radius 3 is 2.60 bits per heavy atom. The summed E-state index contributed by atoms with van der Waals surface area (Å²) in [6.45, 7) is 7.46. The molecule has 1 aromatic heterocycles. The van der Waals surface area contributed by atoms with Crippen LogP contribution in [0.1, 0.15) is 45.9 Å². The molecular weight excluding hydrogens is 254 g/mol. The van der Waals surface area contributed by atoms with Gasteiger partial charge in [-0.25, -0.2) is 0 Å². The molecule has 106 valence electrons. The fraction of sp³-hybridized carbons (Fsp3) is 0.333. The minimum Gasteiger partial charge on any atom is -0.398 e. The van der Waals surface area contributed by atoms with Gasteiger partial charge in [-0.15, -0.1) is 0 Å². The highest BCUT2D eigenvalue weighted by Gasteiger charge is 2.20. The van der Waals surface area contributed by atoms with Crippen molar-refractivity contribution in [1.29, 1.82) is 0 Å². The van der Waals surface area contributed by atoms with Crippen LogP contribution in [-0.2, 0) is 0 Å². The molecule has 1 heterocycles. The number of nitrogen functional groups attached to an aromatic ring is 1. The summed E-state index contributed by atoms with van der Waals surface area (Å²) in [5.41, 5.74) is 9.43. The summed E-state index contributed by atoms with van der Waals surface area (Å²) in [5.74, 6) is 0.529. The van der Waals surface area contributed by atoms with Crippen molar-refractivity contribution in [2.24, 2.45) is 0 Å². The molecule has 5 heteroatoms. The summed E-state index contributed by atoms with van der Waals surface area (Å²) < 4.78 is 5.13. The number of anilines is 1. The summed E-state index contributed by atoms with van der Waals surface area (Å²) >= 11 is 0. The van der Waals surface area contributed by atoms with E-state index in [2.05, 4.69) is 10.5 Å². The Balaban J connectivity index is 2.24. The zero-order chi connectivity index (χ0) is 14.9. The van der Waals surface area contributed by atoms with Crippen LogP contribution in [0.3, 0.4) is 0 Å². The van der Waals surface area contributed by atoms with Crippen molar-refractivity contribution in [1.82, 2.24) is 10.5 Å². The maximum absolute atomic E-state index is 12.4. The highest BCUT2D eigenvalue weighted by Crippen LogP contribution is 2.23. The zero-order valence-corrected chi connectivity index (χ0v) is 12.2. The number of aromatic nitrogens is 1. The van der Waals surface area contributed by atoms with Crippen molar-refractivity contribution < 1.29 is 9.32 Å². The van der Waals surface area contributed by atoms with Gasteiger partial charge in [0.1, 0.15) is 5.76 Å². The Bertz CT molecular complexity index is 607. The smallest absolute Gasteiger partial charge is 0.254 e. The van der Waals surface area contributed by atoms with E-state index in [-0.39, 0.29) is 11.9 Å². The Morgan fingerprint density at radius 1 is 1.35 bits per heavy atom. The van der Waals surface area contributed by atoms with E-state index in [0.717, 1.165) is 16.8 Å². The van der Waals surface area contributed by atoms with Crippen LogP contribution in [0, 0.1) is 20.8 Å². The SMILES string of the molecule is Cc1cccc(N)c1C(=O)NC(C)c1c(C)noc1C. The van der Waals surface area contributed by atoms with Gasteiger partial charge in [0, 0.05) is 11.3 Å². The predicted molar refractivity (Wildman–Crippen MR) is 77.4 cm³/mol. The maximum atomic E-state index is 12.4. The molecular formula is C15H19N3O2. The normalized spacial score (nSPS) is 12.2. The first-order chi connectivity index (χ1) is 9.41. The van der Waals surface area contributed by atoms with Crippen LogP contribution in [-0.4, -0.2) is 11.1 Å². The Hall–Kier alpha value is -2.30. The summed E-state index contributed by atoms with van der Waals surface area (Å²) in [6.07, 6.45) is 0. The van der Waals surface area contributed by atoms with Crippen LogP contribution in [0.15, 0.2) is 22.7 Å². The second-order valence-corrected chi connectivity index (χ2v) is 4.97. The number of hydrogen-bond acceptors (Lipinski definition) is 4. The van der Waals surface area contributed by atoms with E-state index >= 15 is 0 Å². The third-order valence-electron chi connectivity index (χ3n) is 3.40. The number of carbonyl (C=O) groups is 1. The van der Waals surface area contributed by atoms with Crippen LogP contribution in [0.25, 0.3) is 0 Å².